The first-order chi connectivity index (χ1) is 38.9. The second-order valence-electron chi connectivity index (χ2n) is 16.8. The minimum Gasteiger partial charge on any atom is -0.368 e. The van der Waals surface area contributed by atoms with Gasteiger partial charge >= 0.3 is 0 Å². The minimum atomic E-state index is 0.116. The monoisotopic (exact) mass is 1060 g/mol. The Morgan fingerprint density at radius 1 is 0.150 bits per heavy atom. The maximum atomic E-state index is 5.57. The molecule has 80 heavy (non-hydrogen) atoms. The molecule has 0 unspecified atom stereocenters. The van der Waals surface area contributed by atoms with Gasteiger partial charge in [0.25, 0.3) is 0 Å². The van der Waals surface area contributed by atoms with E-state index in [2.05, 4.69) is 79.7 Å². The lowest BCUT2D eigenvalue weighted by Gasteiger charge is -2.04. The smallest absolute Gasteiger partial charge is 0.225 e. The third-order valence-corrected chi connectivity index (χ3v) is 11.3. The predicted molar refractivity (Wildman–Crippen MR) is 309 cm³/mol. The third-order valence-electron chi connectivity index (χ3n) is 11.3. The van der Waals surface area contributed by atoms with Gasteiger partial charge in [0.1, 0.15) is 0 Å². The fourth-order valence-electron chi connectivity index (χ4n) is 7.58. The van der Waals surface area contributed by atoms with Gasteiger partial charge in [-0.3, -0.25) is 19.9 Å². The summed E-state index contributed by atoms with van der Waals surface area (Å²) < 4.78 is 0. The van der Waals surface area contributed by atoms with E-state index < -0.39 is 0 Å². The second kappa shape index (κ2) is 25.0. The van der Waals surface area contributed by atoms with Crippen molar-refractivity contribution in [2.24, 2.45) is 0 Å². The molecule has 24 nitrogen and oxygen atoms in total. The number of nitrogen functional groups attached to an aromatic ring is 8. The van der Waals surface area contributed by atoms with Crippen molar-refractivity contribution in [3.8, 4) is 90.1 Å². The van der Waals surface area contributed by atoms with E-state index in [1.807, 2.05) is 146 Å². The zero-order valence-corrected chi connectivity index (χ0v) is 42.2. The molecule has 12 rings (SSSR count). The molecule has 392 valence electrons. The van der Waals surface area contributed by atoms with E-state index in [1.165, 1.54) is 0 Å². The fraction of sp³-hybridized carbons (Fsp3) is 0. The van der Waals surface area contributed by atoms with Crippen molar-refractivity contribution in [2.75, 3.05) is 45.9 Å². The highest BCUT2D eigenvalue weighted by Gasteiger charge is 2.10. The number of hydrogen-bond donors (Lipinski definition) is 8. The van der Waals surface area contributed by atoms with Crippen LogP contribution in [0.5, 0.6) is 0 Å². The average Bonchev–Trinajstić information content (AvgIpc) is 3.49. The highest BCUT2D eigenvalue weighted by atomic mass is 15.2. The molecule has 0 saturated heterocycles. The molecular weight excluding hydrogens is 1010 g/mol. The summed E-state index contributed by atoms with van der Waals surface area (Å²) in [7, 11) is 0. The molecule has 12 aromatic rings. The average molecular weight is 1060 g/mol. The lowest BCUT2D eigenvalue weighted by molar-refractivity contribution is 1.09. The van der Waals surface area contributed by atoms with Crippen LogP contribution in [0.4, 0.5) is 47.6 Å². The Labute approximate surface area is 456 Å². The molecule has 24 heteroatoms. The first kappa shape index (κ1) is 52.8. The molecule has 0 fully saturated rings. The van der Waals surface area contributed by atoms with E-state index in [0.29, 0.717) is 23.3 Å². The maximum absolute atomic E-state index is 5.57. The normalized spacial score (nSPS) is 10.4. The van der Waals surface area contributed by atoms with E-state index in [9.17, 15) is 0 Å². The Balaban J connectivity index is 0.000000129. The standard InChI is InChI=1S/4C14H12N6/c4*15-13-18-12(19-14(16)20-13)11-3-1-9(2-4-11)10-5-7-17-8-6-10/h4*1-8H,(H4,15,16,18,19,20). The Bertz CT molecular complexity index is 3340. The summed E-state index contributed by atoms with van der Waals surface area (Å²) in [5.41, 5.74) is 56.6. The van der Waals surface area contributed by atoms with Crippen LogP contribution in [0.3, 0.4) is 0 Å². The molecule has 0 radical (unpaired) electrons. The van der Waals surface area contributed by atoms with Crippen LogP contribution in [-0.2, 0) is 0 Å². The Hall–Kier alpha value is -12.1. The summed E-state index contributed by atoms with van der Waals surface area (Å²) in [4.78, 5) is 63.6. The van der Waals surface area contributed by atoms with Crippen LogP contribution in [0, 0.1) is 0 Å². The van der Waals surface area contributed by atoms with E-state index in [1.54, 1.807) is 49.6 Å². The molecule has 0 aliphatic heterocycles. The summed E-state index contributed by atoms with van der Waals surface area (Å²) in [6, 6.07) is 46.9. The molecule has 8 heterocycles. The number of hydrogen-bond acceptors (Lipinski definition) is 24. The topological polar surface area (TPSA) is 414 Å². The molecule has 0 spiro atoms. The number of anilines is 8. The molecular formula is C56H48N24. The van der Waals surface area contributed by atoms with E-state index in [0.717, 1.165) is 66.8 Å². The SMILES string of the molecule is Nc1nc(N)nc(-c2ccc(-c3ccncc3)cc2)n1.Nc1nc(N)nc(-c2ccc(-c3ccncc3)cc2)n1.Nc1nc(N)nc(-c2ccc(-c3ccncc3)cc2)n1.Nc1nc(N)nc(-c2ccc(-c3ccncc3)cc2)n1. The number of nitrogens with two attached hydrogens (primary N) is 8. The second-order valence-corrected chi connectivity index (χ2v) is 16.8. The van der Waals surface area contributed by atoms with Crippen LogP contribution < -0.4 is 45.9 Å². The van der Waals surface area contributed by atoms with E-state index >= 15 is 0 Å². The molecule has 0 saturated carbocycles. The zero-order valence-electron chi connectivity index (χ0n) is 42.2. The van der Waals surface area contributed by atoms with Gasteiger partial charge in [0.15, 0.2) is 23.3 Å². The molecule has 0 amide bonds. The van der Waals surface area contributed by atoms with Crippen molar-refractivity contribution < 1.29 is 0 Å². The predicted octanol–water partition coefficient (Wildman–Crippen LogP) is 7.06. The molecule has 8 aromatic heterocycles. The van der Waals surface area contributed by atoms with Crippen LogP contribution >= 0.6 is 0 Å². The van der Waals surface area contributed by atoms with Gasteiger partial charge in [0.05, 0.1) is 0 Å². The summed E-state index contributed by atoms with van der Waals surface area (Å²) in [5, 5.41) is 0. The summed E-state index contributed by atoms with van der Waals surface area (Å²) in [5.74, 6) is 2.81. The van der Waals surface area contributed by atoms with Crippen molar-refractivity contribution >= 4 is 47.6 Å². The number of nitrogens with zero attached hydrogens (tertiary/aromatic N) is 16. The van der Waals surface area contributed by atoms with Crippen molar-refractivity contribution in [1.82, 2.24) is 79.7 Å². The van der Waals surface area contributed by atoms with Crippen LogP contribution in [-0.4, -0.2) is 79.7 Å². The summed E-state index contributed by atoms with van der Waals surface area (Å²) in [6.45, 7) is 0. The lowest BCUT2D eigenvalue weighted by Crippen LogP contribution is -2.04. The Morgan fingerprint density at radius 2 is 0.275 bits per heavy atom. The lowest BCUT2D eigenvalue weighted by atomic mass is 10.1. The first-order valence-electron chi connectivity index (χ1n) is 24.0. The summed E-state index contributed by atoms with van der Waals surface area (Å²) >= 11 is 0. The van der Waals surface area contributed by atoms with Gasteiger partial charge in [-0.25, -0.2) is 0 Å². The van der Waals surface area contributed by atoms with Gasteiger partial charge in [-0.2, -0.15) is 59.8 Å². The van der Waals surface area contributed by atoms with Crippen LogP contribution in [0.1, 0.15) is 0 Å². The number of pyridine rings is 4. The molecule has 0 atom stereocenters. The highest BCUT2D eigenvalue weighted by Crippen LogP contribution is 2.27. The van der Waals surface area contributed by atoms with Crippen LogP contribution in [0.2, 0.25) is 0 Å². The molecule has 0 bridgehead atoms. The molecule has 16 N–H and O–H groups in total. The quantitative estimate of drug-likeness (QED) is 0.0754. The maximum Gasteiger partial charge on any atom is 0.225 e. The van der Waals surface area contributed by atoms with Gasteiger partial charge in [-0.05, 0) is 93.0 Å². The number of benzene rings is 4. The molecule has 0 aliphatic rings. The zero-order chi connectivity index (χ0) is 55.8. The minimum absolute atomic E-state index is 0.116. The molecule has 4 aromatic carbocycles. The van der Waals surface area contributed by atoms with E-state index in [4.69, 9.17) is 45.9 Å². The van der Waals surface area contributed by atoms with Crippen molar-refractivity contribution in [3.05, 3.63) is 195 Å². The van der Waals surface area contributed by atoms with E-state index in [-0.39, 0.29) is 47.6 Å². The van der Waals surface area contributed by atoms with Gasteiger partial charge in [0.2, 0.25) is 47.6 Å². The fourth-order valence-corrected chi connectivity index (χ4v) is 7.58. The third kappa shape index (κ3) is 14.2. The first-order valence-corrected chi connectivity index (χ1v) is 24.0. The van der Waals surface area contributed by atoms with Gasteiger partial charge in [0, 0.05) is 71.8 Å². The largest absolute Gasteiger partial charge is 0.368 e. The van der Waals surface area contributed by atoms with Crippen LogP contribution in [0.25, 0.3) is 90.1 Å². The number of rotatable bonds is 8. The van der Waals surface area contributed by atoms with Crippen molar-refractivity contribution in [2.45, 2.75) is 0 Å². The van der Waals surface area contributed by atoms with Gasteiger partial charge in [-0.1, -0.05) is 97.1 Å². The highest BCUT2D eigenvalue weighted by molar-refractivity contribution is 5.71. The number of aromatic nitrogens is 16. The summed E-state index contributed by atoms with van der Waals surface area (Å²) in [6.07, 6.45) is 14.1. The van der Waals surface area contributed by atoms with Gasteiger partial charge in [-0.15, -0.1) is 0 Å². The van der Waals surface area contributed by atoms with Crippen molar-refractivity contribution in [1.29, 1.82) is 0 Å². The Morgan fingerprint density at radius 3 is 0.425 bits per heavy atom. The van der Waals surface area contributed by atoms with Gasteiger partial charge < -0.3 is 45.9 Å². The van der Waals surface area contributed by atoms with Crippen molar-refractivity contribution in [3.63, 3.8) is 0 Å². The van der Waals surface area contributed by atoms with Crippen LogP contribution in [0.15, 0.2) is 195 Å². The Kier molecular flexibility index (Phi) is 16.5. The molecule has 0 aliphatic carbocycles.